The zero-order valence-electron chi connectivity index (χ0n) is 15.0. The highest BCUT2D eigenvalue weighted by molar-refractivity contribution is 7.44. The Hall–Kier alpha value is -2.66. The van der Waals surface area contributed by atoms with Gasteiger partial charge in [-0.1, -0.05) is 12.1 Å². The standard InChI is InChI=1S/C20H19N2O4P/c1-25-18-9-16-17(10-19(18)26-2)21-11-14-7-8-22(20(14)16)15-5-3-13(4-6-15)12-27(23)24/h3-11,23-24H,12H2,1-2H3. The van der Waals surface area contributed by atoms with Crippen LogP contribution in [0.3, 0.4) is 0 Å². The molecule has 6 nitrogen and oxygen atoms in total. The minimum Gasteiger partial charge on any atom is -0.493 e. The lowest BCUT2D eigenvalue weighted by atomic mass is 10.1. The van der Waals surface area contributed by atoms with Gasteiger partial charge in [0.25, 0.3) is 0 Å². The van der Waals surface area contributed by atoms with E-state index in [1.807, 2.05) is 54.9 Å². The molecule has 2 aromatic heterocycles. The van der Waals surface area contributed by atoms with E-state index in [2.05, 4.69) is 9.55 Å². The number of rotatable bonds is 5. The Balaban J connectivity index is 1.90. The van der Waals surface area contributed by atoms with Crippen molar-refractivity contribution in [3.05, 3.63) is 60.4 Å². The molecular formula is C20H19N2O4P. The van der Waals surface area contributed by atoms with Gasteiger partial charge < -0.3 is 23.8 Å². The molecular weight excluding hydrogens is 363 g/mol. The molecule has 0 saturated carbocycles. The molecule has 0 atom stereocenters. The van der Waals surface area contributed by atoms with E-state index in [-0.39, 0.29) is 6.16 Å². The van der Waals surface area contributed by atoms with Crippen LogP contribution >= 0.6 is 8.38 Å². The normalized spacial score (nSPS) is 11.4. The quantitative estimate of drug-likeness (QED) is 0.511. The van der Waals surface area contributed by atoms with Crippen LogP contribution in [0.25, 0.3) is 27.5 Å². The predicted molar refractivity (Wildman–Crippen MR) is 107 cm³/mol. The first kappa shape index (κ1) is 17.7. The SMILES string of the molecule is COc1cc2ncc3ccn(-c4ccc(CP(O)O)cc4)c3c2cc1OC. The number of fused-ring (bicyclic) bond motifs is 3. The van der Waals surface area contributed by atoms with Crippen molar-refractivity contribution in [2.45, 2.75) is 6.16 Å². The summed E-state index contributed by atoms with van der Waals surface area (Å²) in [4.78, 5) is 22.9. The average molecular weight is 382 g/mol. The van der Waals surface area contributed by atoms with E-state index in [1.165, 1.54) is 0 Å². The van der Waals surface area contributed by atoms with E-state index < -0.39 is 8.38 Å². The lowest BCUT2D eigenvalue weighted by molar-refractivity contribution is 0.356. The monoisotopic (exact) mass is 382 g/mol. The predicted octanol–water partition coefficient (Wildman–Crippen LogP) is 3.99. The van der Waals surface area contributed by atoms with Gasteiger partial charge in [-0.2, -0.15) is 0 Å². The minimum atomic E-state index is -1.93. The first-order valence-corrected chi connectivity index (χ1v) is 9.80. The molecule has 2 heterocycles. The van der Waals surface area contributed by atoms with Crippen molar-refractivity contribution < 1.29 is 19.3 Å². The molecule has 0 saturated heterocycles. The van der Waals surface area contributed by atoms with E-state index in [1.54, 1.807) is 14.2 Å². The van der Waals surface area contributed by atoms with Gasteiger partial charge in [0, 0.05) is 41.1 Å². The summed E-state index contributed by atoms with van der Waals surface area (Å²) in [6, 6.07) is 13.6. The summed E-state index contributed by atoms with van der Waals surface area (Å²) in [5.41, 5.74) is 3.73. The Morgan fingerprint density at radius 3 is 2.37 bits per heavy atom. The van der Waals surface area contributed by atoms with Gasteiger partial charge in [-0.15, -0.1) is 0 Å². The first-order valence-electron chi connectivity index (χ1n) is 8.37. The van der Waals surface area contributed by atoms with Gasteiger partial charge in [0.15, 0.2) is 19.9 Å². The Morgan fingerprint density at radius 2 is 1.70 bits per heavy atom. The molecule has 0 fully saturated rings. The molecule has 2 N–H and O–H groups in total. The van der Waals surface area contributed by atoms with Crippen molar-refractivity contribution in [2.75, 3.05) is 14.2 Å². The molecule has 4 rings (SSSR count). The Morgan fingerprint density at radius 1 is 1.00 bits per heavy atom. The highest BCUT2D eigenvalue weighted by Gasteiger charge is 2.13. The van der Waals surface area contributed by atoms with Gasteiger partial charge >= 0.3 is 0 Å². The molecule has 0 spiro atoms. The zero-order chi connectivity index (χ0) is 19.0. The highest BCUT2D eigenvalue weighted by Crippen LogP contribution is 2.36. The van der Waals surface area contributed by atoms with Crippen molar-refractivity contribution in [3.63, 3.8) is 0 Å². The van der Waals surface area contributed by atoms with Crippen LogP contribution in [-0.4, -0.2) is 33.6 Å². The Bertz CT molecular complexity index is 1110. The number of ether oxygens (including phenoxy) is 2. The van der Waals surface area contributed by atoms with Crippen LogP contribution in [0, 0.1) is 0 Å². The van der Waals surface area contributed by atoms with Crippen molar-refractivity contribution in [1.82, 2.24) is 9.55 Å². The molecule has 138 valence electrons. The van der Waals surface area contributed by atoms with Gasteiger partial charge in [-0.25, -0.2) is 0 Å². The largest absolute Gasteiger partial charge is 0.493 e. The maximum absolute atomic E-state index is 9.20. The third kappa shape index (κ3) is 3.23. The molecule has 0 bridgehead atoms. The fourth-order valence-corrected chi connectivity index (χ4v) is 3.82. The molecule has 0 unspecified atom stereocenters. The van der Waals surface area contributed by atoms with Gasteiger partial charge in [0.1, 0.15) is 0 Å². The molecule has 27 heavy (non-hydrogen) atoms. The summed E-state index contributed by atoms with van der Waals surface area (Å²) in [6.45, 7) is 0. The van der Waals surface area contributed by atoms with E-state index >= 15 is 0 Å². The highest BCUT2D eigenvalue weighted by atomic mass is 31.2. The van der Waals surface area contributed by atoms with Gasteiger partial charge in [0.05, 0.1) is 25.3 Å². The van der Waals surface area contributed by atoms with Gasteiger partial charge in [0.2, 0.25) is 0 Å². The Kier molecular flexibility index (Phi) is 4.70. The number of hydrogen-bond acceptors (Lipinski definition) is 5. The molecule has 0 aliphatic rings. The molecule has 0 radical (unpaired) electrons. The molecule has 2 aromatic carbocycles. The van der Waals surface area contributed by atoms with Crippen LogP contribution in [0.15, 0.2) is 54.9 Å². The second-order valence-electron chi connectivity index (χ2n) is 6.17. The number of hydrogen-bond donors (Lipinski definition) is 2. The molecule has 0 aliphatic carbocycles. The lowest BCUT2D eigenvalue weighted by Crippen LogP contribution is -1.96. The summed E-state index contributed by atoms with van der Waals surface area (Å²) in [5.74, 6) is 1.30. The topological polar surface area (TPSA) is 76.7 Å². The molecule has 7 heteroatoms. The van der Waals surface area contributed by atoms with Crippen LogP contribution in [0.2, 0.25) is 0 Å². The summed E-state index contributed by atoms with van der Waals surface area (Å²) in [5, 5.41) is 1.99. The summed E-state index contributed by atoms with van der Waals surface area (Å²) in [6.07, 6.45) is 4.12. The van der Waals surface area contributed by atoms with Crippen LogP contribution in [-0.2, 0) is 6.16 Å². The molecule has 0 amide bonds. The fraction of sp³-hybridized carbons (Fsp3) is 0.150. The first-order chi connectivity index (χ1) is 13.1. The van der Waals surface area contributed by atoms with Crippen LogP contribution < -0.4 is 9.47 Å². The number of methoxy groups -OCH3 is 2. The van der Waals surface area contributed by atoms with Crippen molar-refractivity contribution in [2.24, 2.45) is 0 Å². The second kappa shape index (κ2) is 7.16. The summed E-state index contributed by atoms with van der Waals surface area (Å²) >= 11 is 0. The maximum atomic E-state index is 9.20. The summed E-state index contributed by atoms with van der Waals surface area (Å²) < 4.78 is 12.9. The van der Waals surface area contributed by atoms with E-state index in [0.29, 0.717) is 11.5 Å². The maximum Gasteiger partial charge on any atom is 0.169 e. The van der Waals surface area contributed by atoms with Gasteiger partial charge in [-0.3, -0.25) is 4.98 Å². The van der Waals surface area contributed by atoms with Crippen molar-refractivity contribution in [1.29, 1.82) is 0 Å². The van der Waals surface area contributed by atoms with E-state index in [9.17, 15) is 9.79 Å². The summed E-state index contributed by atoms with van der Waals surface area (Å²) in [7, 11) is 1.29. The van der Waals surface area contributed by atoms with Crippen LogP contribution in [0.5, 0.6) is 11.5 Å². The lowest BCUT2D eigenvalue weighted by Gasteiger charge is -2.12. The zero-order valence-corrected chi connectivity index (χ0v) is 15.9. The molecule has 4 aromatic rings. The number of aromatic nitrogens is 2. The number of pyridine rings is 1. The minimum absolute atomic E-state index is 0.270. The molecule has 0 aliphatic heterocycles. The van der Waals surface area contributed by atoms with Crippen LogP contribution in [0.4, 0.5) is 0 Å². The smallest absolute Gasteiger partial charge is 0.169 e. The Labute approximate surface area is 157 Å². The number of nitrogens with zero attached hydrogens (tertiary/aromatic N) is 2. The van der Waals surface area contributed by atoms with E-state index in [0.717, 1.165) is 33.1 Å². The second-order valence-corrected chi connectivity index (χ2v) is 7.23. The third-order valence-electron chi connectivity index (χ3n) is 4.56. The van der Waals surface area contributed by atoms with Crippen LogP contribution in [0.1, 0.15) is 5.56 Å². The average Bonchev–Trinajstić information content (AvgIpc) is 3.11. The van der Waals surface area contributed by atoms with Gasteiger partial charge in [-0.05, 0) is 29.8 Å². The van der Waals surface area contributed by atoms with Crippen molar-refractivity contribution in [3.8, 4) is 17.2 Å². The number of benzene rings is 2. The fourth-order valence-electron chi connectivity index (χ4n) is 3.28. The third-order valence-corrected chi connectivity index (χ3v) is 5.20. The van der Waals surface area contributed by atoms with Crippen molar-refractivity contribution >= 4 is 30.2 Å². The van der Waals surface area contributed by atoms with E-state index in [4.69, 9.17) is 9.47 Å².